The number of rotatable bonds is 5. The number of amides is 2. The van der Waals surface area contributed by atoms with E-state index in [1.807, 2.05) is 0 Å². The monoisotopic (exact) mass is 449 g/mol. The smallest absolute Gasteiger partial charge is 0.318 e. The molecule has 0 bridgehead atoms. The topological polar surface area (TPSA) is 111 Å². The Bertz CT molecular complexity index is 963. The standard InChI is InChI=1S/C21H25ClFN5O3/c22-16-7-12(1-4-17(16)23)19(11-29)27-21(31)28-6-5-13-9-24-20(26-18(13)10-28)25-14-2-3-15(30)8-14/h1,4,7,9,14-15,19,29-30H,2-3,5-6,8,10-11H2,(H,27,31)(H,24,25,26). The Labute approximate surface area is 184 Å². The Balaban J connectivity index is 1.41. The molecule has 1 aliphatic carbocycles. The molecule has 2 heterocycles. The largest absolute Gasteiger partial charge is 0.394 e. The van der Waals surface area contributed by atoms with Gasteiger partial charge in [0.05, 0.1) is 36.0 Å². The van der Waals surface area contributed by atoms with E-state index in [9.17, 15) is 19.4 Å². The first-order valence-electron chi connectivity index (χ1n) is 10.3. The zero-order chi connectivity index (χ0) is 22.0. The van der Waals surface area contributed by atoms with Crippen molar-refractivity contribution in [3.05, 3.63) is 52.1 Å². The van der Waals surface area contributed by atoms with Crippen LogP contribution in [-0.2, 0) is 13.0 Å². The number of aliphatic hydroxyl groups excluding tert-OH is 2. The van der Waals surface area contributed by atoms with Crippen molar-refractivity contribution < 1.29 is 19.4 Å². The van der Waals surface area contributed by atoms with E-state index in [0.717, 1.165) is 24.1 Å². The van der Waals surface area contributed by atoms with Crippen LogP contribution in [0, 0.1) is 5.82 Å². The van der Waals surface area contributed by atoms with E-state index in [1.54, 1.807) is 11.1 Å². The van der Waals surface area contributed by atoms with Crippen molar-refractivity contribution in [3.63, 3.8) is 0 Å². The number of carbonyl (C=O) groups is 1. The molecule has 0 saturated heterocycles. The van der Waals surface area contributed by atoms with Crippen molar-refractivity contribution in [1.82, 2.24) is 20.2 Å². The van der Waals surface area contributed by atoms with Gasteiger partial charge >= 0.3 is 6.03 Å². The molecular formula is C21H25ClFN5O3. The molecule has 1 aromatic carbocycles. The third-order valence-corrected chi connectivity index (χ3v) is 6.09. The number of anilines is 1. The van der Waals surface area contributed by atoms with Gasteiger partial charge in [-0.25, -0.2) is 19.2 Å². The number of urea groups is 1. The van der Waals surface area contributed by atoms with Gasteiger partial charge < -0.3 is 25.7 Å². The SMILES string of the molecule is O=C(NC(CO)c1ccc(F)c(Cl)c1)N1CCc2cnc(NC3CCC(O)C3)nc2C1. The number of benzene rings is 1. The Morgan fingerprint density at radius 3 is 2.94 bits per heavy atom. The number of halogens is 2. The quantitative estimate of drug-likeness (QED) is 0.558. The molecule has 0 spiro atoms. The molecule has 4 N–H and O–H groups in total. The zero-order valence-electron chi connectivity index (χ0n) is 16.9. The predicted molar refractivity (Wildman–Crippen MR) is 113 cm³/mol. The molecular weight excluding hydrogens is 425 g/mol. The van der Waals surface area contributed by atoms with E-state index in [1.165, 1.54) is 18.2 Å². The molecule has 10 heteroatoms. The second kappa shape index (κ2) is 9.33. The molecule has 2 amide bonds. The van der Waals surface area contributed by atoms with Crippen LogP contribution in [0.3, 0.4) is 0 Å². The number of fused-ring (bicyclic) bond motifs is 1. The molecule has 166 valence electrons. The van der Waals surface area contributed by atoms with E-state index in [0.29, 0.717) is 37.4 Å². The molecule has 1 aromatic heterocycles. The van der Waals surface area contributed by atoms with Crippen molar-refractivity contribution in [2.45, 2.75) is 50.4 Å². The summed E-state index contributed by atoms with van der Waals surface area (Å²) < 4.78 is 13.4. The summed E-state index contributed by atoms with van der Waals surface area (Å²) in [6.45, 7) is 0.460. The predicted octanol–water partition coefficient (Wildman–Crippen LogP) is 2.40. The first-order chi connectivity index (χ1) is 14.9. The van der Waals surface area contributed by atoms with Gasteiger partial charge in [0.15, 0.2) is 0 Å². The fourth-order valence-corrected chi connectivity index (χ4v) is 4.21. The average Bonchev–Trinajstić information content (AvgIpc) is 3.17. The minimum atomic E-state index is -0.705. The van der Waals surface area contributed by atoms with Crippen molar-refractivity contribution in [2.24, 2.45) is 0 Å². The van der Waals surface area contributed by atoms with Crippen molar-refractivity contribution in [1.29, 1.82) is 0 Å². The van der Waals surface area contributed by atoms with Crippen LogP contribution in [0.25, 0.3) is 0 Å². The summed E-state index contributed by atoms with van der Waals surface area (Å²) in [5, 5.41) is 25.4. The lowest BCUT2D eigenvalue weighted by atomic mass is 10.1. The van der Waals surface area contributed by atoms with Gasteiger partial charge in [0.1, 0.15) is 5.82 Å². The maximum Gasteiger partial charge on any atom is 0.318 e. The summed E-state index contributed by atoms with van der Waals surface area (Å²) in [5.74, 6) is -0.0634. The number of aliphatic hydroxyl groups is 2. The highest BCUT2D eigenvalue weighted by atomic mass is 35.5. The summed E-state index contributed by atoms with van der Waals surface area (Å²) in [6.07, 6.45) is 4.42. The van der Waals surface area contributed by atoms with Gasteiger partial charge in [-0.2, -0.15) is 0 Å². The number of carbonyl (C=O) groups excluding carboxylic acids is 1. The molecule has 3 unspecified atom stereocenters. The molecule has 2 aliphatic rings. The van der Waals surface area contributed by atoms with Gasteiger partial charge in [0, 0.05) is 18.8 Å². The second-order valence-electron chi connectivity index (χ2n) is 8.00. The van der Waals surface area contributed by atoms with Crippen LogP contribution in [0.5, 0.6) is 0 Å². The first kappa shape index (κ1) is 21.7. The fraction of sp³-hybridized carbons (Fsp3) is 0.476. The van der Waals surface area contributed by atoms with Crippen LogP contribution in [-0.4, -0.2) is 56.4 Å². The van der Waals surface area contributed by atoms with Crippen LogP contribution < -0.4 is 10.6 Å². The van der Waals surface area contributed by atoms with Crippen molar-refractivity contribution in [3.8, 4) is 0 Å². The van der Waals surface area contributed by atoms with Crippen LogP contribution in [0.1, 0.15) is 42.1 Å². The molecule has 4 rings (SSSR count). The Morgan fingerprint density at radius 2 is 2.23 bits per heavy atom. The summed E-state index contributed by atoms with van der Waals surface area (Å²) in [5.41, 5.74) is 2.28. The van der Waals surface area contributed by atoms with Gasteiger partial charge in [-0.3, -0.25) is 0 Å². The summed E-state index contributed by atoms with van der Waals surface area (Å²) >= 11 is 5.83. The lowest BCUT2D eigenvalue weighted by Crippen LogP contribution is -2.45. The third-order valence-electron chi connectivity index (χ3n) is 5.80. The highest BCUT2D eigenvalue weighted by Crippen LogP contribution is 2.24. The maximum atomic E-state index is 13.4. The summed E-state index contributed by atoms with van der Waals surface area (Å²) in [7, 11) is 0. The number of hydrogen-bond acceptors (Lipinski definition) is 6. The number of hydrogen-bond donors (Lipinski definition) is 4. The van der Waals surface area contributed by atoms with Gasteiger partial charge in [-0.1, -0.05) is 17.7 Å². The second-order valence-corrected chi connectivity index (χ2v) is 8.41. The minimum absolute atomic E-state index is 0.0661. The molecule has 1 fully saturated rings. The maximum absolute atomic E-state index is 13.4. The van der Waals surface area contributed by atoms with E-state index >= 15 is 0 Å². The molecule has 3 atom stereocenters. The molecule has 8 nitrogen and oxygen atoms in total. The normalized spacial score (nSPS) is 21.5. The first-order valence-corrected chi connectivity index (χ1v) is 10.7. The van der Waals surface area contributed by atoms with Crippen molar-refractivity contribution in [2.75, 3.05) is 18.5 Å². The fourth-order valence-electron chi connectivity index (χ4n) is 4.02. The lowest BCUT2D eigenvalue weighted by molar-refractivity contribution is 0.176. The van der Waals surface area contributed by atoms with Crippen LogP contribution >= 0.6 is 11.6 Å². The highest BCUT2D eigenvalue weighted by Gasteiger charge is 2.26. The Morgan fingerprint density at radius 1 is 1.39 bits per heavy atom. The van der Waals surface area contributed by atoms with Gasteiger partial charge in [0.2, 0.25) is 5.95 Å². The minimum Gasteiger partial charge on any atom is -0.394 e. The molecule has 31 heavy (non-hydrogen) atoms. The van der Waals surface area contributed by atoms with E-state index in [4.69, 9.17) is 11.6 Å². The highest BCUT2D eigenvalue weighted by molar-refractivity contribution is 6.30. The summed E-state index contributed by atoms with van der Waals surface area (Å²) in [6, 6.07) is 3.18. The molecule has 2 aromatic rings. The van der Waals surface area contributed by atoms with E-state index < -0.39 is 11.9 Å². The number of aromatic nitrogens is 2. The van der Waals surface area contributed by atoms with Gasteiger partial charge in [-0.15, -0.1) is 0 Å². The molecule has 0 radical (unpaired) electrons. The average molecular weight is 450 g/mol. The van der Waals surface area contributed by atoms with Crippen LogP contribution in [0.4, 0.5) is 15.1 Å². The van der Waals surface area contributed by atoms with E-state index in [-0.39, 0.29) is 29.8 Å². The lowest BCUT2D eigenvalue weighted by Gasteiger charge is -2.30. The van der Waals surface area contributed by atoms with Gasteiger partial charge in [0.25, 0.3) is 0 Å². The zero-order valence-corrected chi connectivity index (χ0v) is 17.6. The third kappa shape index (κ3) is 5.06. The Hall–Kier alpha value is -2.49. The van der Waals surface area contributed by atoms with Crippen LogP contribution in [0.2, 0.25) is 5.02 Å². The van der Waals surface area contributed by atoms with Gasteiger partial charge in [-0.05, 0) is 48.9 Å². The van der Waals surface area contributed by atoms with Crippen LogP contribution in [0.15, 0.2) is 24.4 Å². The molecule has 1 saturated carbocycles. The van der Waals surface area contributed by atoms with E-state index in [2.05, 4.69) is 20.6 Å². The number of nitrogens with one attached hydrogen (secondary N) is 2. The Kier molecular flexibility index (Phi) is 6.54. The number of nitrogens with zero attached hydrogens (tertiary/aromatic N) is 3. The summed E-state index contributed by atoms with van der Waals surface area (Å²) in [4.78, 5) is 23.4. The molecule has 1 aliphatic heterocycles. The van der Waals surface area contributed by atoms with Crippen molar-refractivity contribution >= 4 is 23.6 Å².